The molecule has 0 radical (unpaired) electrons. The smallest absolute Gasteiger partial charge is 0.324 e. The number of likely N-dealkylation sites (tertiary alicyclic amines) is 1. The first-order valence-electron chi connectivity index (χ1n) is 7.83. The van der Waals surface area contributed by atoms with Gasteiger partial charge in [0.05, 0.1) is 11.3 Å². The molecule has 0 saturated carbocycles. The fourth-order valence-corrected chi connectivity index (χ4v) is 3.51. The van der Waals surface area contributed by atoms with Crippen LogP contribution in [0.3, 0.4) is 0 Å². The summed E-state index contributed by atoms with van der Waals surface area (Å²) in [4.78, 5) is 14.0. The summed E-state index contributed by atoms with van der Waals surface area (Å²) in [7, 11) is 0. The van der Waals surface area contributed by atoms with E-state index in [1.54, 1.807) is 4.90 Å². The zero-order valence-corrected chi connectivity index (χ0v) is 12.7. The predicted octanol–water partition coefficient (Wildman–Crippen LogP) is 3.31. The molecule has 0 atom stereocenters. The van der Waals surface area contributed by atoms with Crippen molar-refractivity contribution in [1.82, 2.24) is 10.2 Å². The van der Waals surface area contributed by atoms with Crippen molar-refractivity contribution >= 4 is 11.7 Å². The monoisotopic (exact) mass is 327 g/mol. The third-order valence-corrected chi connectivity index (χ3v) is 4.86. The average Bonchev–Trinajstić information content (AvgIpc) is 2.91. The number of benzene rings is 1. The fraction of sp³-hybridized carbons (Fsp3) is 0.562. The maximum atomic E-state index is 13.0. The molecule has 0 aliphatic carbocycles. The number of amides is 2. The molecule has 2 N–H and O–H groups in total. The number of hydrogen-bond acceptors (Lipinski definition) is 2. The van der Waals surface area contributed by atoms with Crippen LogP contribution in [0.25, 0.3) is 0 Å². The first-order chi connectivity index (χ1) is 10.9. The molecule has 0 bridgehead atoms. The molecule has 2 aliphatic rings. The molecule has 2 heterocycles. The minimum Gasteiger partial charge on any atom is -0.324 e. The van der Waals surface area contributed by atoms with E-state index in [4.69, 9.17) is 0 Å². The van der Waals surface area contributed by atoms with Crippen LogP contribution in [0.15, 0.2) is 24.3 Å². The first kappa shape index (κ1) is 16.1. The molecule has 126 valence electrons. The summed E-state index contributed by atoms with van der Waals surface area (Å²) in [5.41, 5.74) is -0.869. The van der Waals surface area contributed by atoms with E-state index < -0.39 is 17.8 Å². The van der Waals surface area contributed by atoms with E-state index in [2.05, 4.69) is 10.6 Å². The summed E-state index contributed by atoms with van der Waals surface area (Å²) >= 11 is 0. The Bertz CT molecular complexity index is 582. The summed E-state index contributed by atoms with van der Waals surface area (Å²) in [6, 6.07) is 4.63. The van der Waals surface area contributed by atoms with Crippen LogP contribution in [0.1, 0.15) is 24.8 Å². The Hall–Kier alpha value is -1.76. The molecular formula is C16H20F3N3O. The molecular weight excluding hydrogens is 307 g/mol. The van der Waals surface area contributed by atoms with Crippen molar-refractivity contribution in [3.8, 4) is 0 Å². The van der Waals surface area contributed by atoms with Gasteiger partial charge in [-0.2, -0.15) is 13.2 Å². The minimum atomic E-state index is -4.48. The van der Waals surface area contributed by atoms with E-state index in [0.717, 1.165) is 38.4 Å². The van der Waals surface area contributed by atoms with E-state index in [9.17, 15) is 18.0 Å². The van der Waals surface area contributed by atoms with E-state index in [-0.39, 0.29) is 11.1 Å². The van der Waals surface area contributed by atoms with Crippen molar-refractivity contribution in [3.05, 3.63) is 29.8 Å². The van der Waals surface area contributed by atoms with Crippen molar-refractivity contribution < 1.29 is 18.0 Å². The van der Waals surface area contributed by atoms with E-state index >= 15 is 0 Å². The summed E-state index contributed by atoms with van der Waals surface area (Å²) < 4.78 is 39.0. The molecule has 4 nitrogen and oxygen atoms in total. The highest BCUT2D eigenvalue weighted by Crippen LogP contribution is 2.39. The lowest BCUT2D eigenvalue weighted by Crippen LogP contribution is -2.40. The van der Waals surface area contributed by atoms with Crippen LogP contribution in [0.4, 0.5) is 23.7 Å². The van der Waals surface area contributed by atoms with Crippen LogP contribution >= 0.6 is 0 Å². The predicted molar refractivity (Wildman–Crippen MR) is 81.2 cm³/mol. The molecule has 1 spiro atoms. The summed E-state index contributed by atoms with van der Waals surface area (Å²) in [5.74, 6) is 0. The summed E-state index contributed by atoms with van der Waals surface area (Å²) in [6.07, 6.45) is -1.54. The fourth-order valence-electron chi connectivity index (χ4n) is 3.51. The van der Waals surface area contributed by atoms with E-state index in [1.165, 1.54) is 18.2 Å². The molecule has 1 aromatic rings. The van der Waals surface area contributed by atoms with Crippen molar-refractivity contribution in [3.63, 3.8) is 0 Å². The van der Waals surface area contributed by atoms with E-state index in [0.29, 0.717) is 13.1 Å². The van der Waals surface area contributed by atoms with Gasteiger partial charge in [0.1, 0.15) is 0 Å². The van der Waals surface area contributed by atoms with Gasteiger partial charge in [0.2, 0.25) is 0 Å². The van der Waals surface area contributed by atoms with Gasteiger partial charge < -0.3 is 15.5 Å². The number of alkyl halides is 3. The van der Waals surface area contributed by atoms with Gasteiger partial charge in [-0.05, 0) is 49.9 Å². The lowest BCUT2D eigenvalue weighted by molar-refractivity contribution is -0.136. The molecule has 1 aromatic carbocycles. The number of para-hydroxylation sites is 1. The lowest BCUT2D eigenvalue weighted by atomic mass is 9.78. The molecule has 23 heavy (non-hydrogen) atoms. The number of anilines is 1. The second-order valence-electron chi connectivity index (χ2n) is 6.40. The largest absolute Gasteiger partial charge is 0.418 e. The number of hydrogen-bond donors (Lipinski definition) is 2. The Morgan fingerprint density at radius 1 is 1.17 bits per heavy atom. The molecule has 2 fully saturated rings. The SMILES string of the molecule is O=C(Nc1ccccc1C(F)(F)F)N1CCC2(CCNCC2)C1. The van der Waals surface area contributed by atoms with Crippen LogP contribution < -0.4 is 10.6 Å². The maximum absolute atomic E-state index is 13.0. The van der Waals surface area contributed by atoms with Gasteiger partial charge in [0.15, 0.2) is 0 Å². The minimum absolute atomic E-state index is 0.131. The van der Waals surface area contributed by atoms with Gasteiger partial charge in [-0.25, -0.2) is 4.79 Å². The molecule has 0 aromatic heterocycles. The quantitative estimate of drug-likeness (QED) is 0.831. The Labute approximate surface area is 133 Å². The maximum Gasteiger partial charge on any atom is 0.418 e. The van der Waals surface area contributed by atoms with Crippen LogP contribution in [-0.4, -0.2) is 37.1 Å². The zero-order chi connectivity index (χ0) is 16.5. The third kappa shape index (κ3) is 3.44. The van der Waals surface area contributed by atoms with Gasteiger partial charge in [-0.1, -0.05) is 12.1 Å². The van der Waals surface area contributed by atoms with Gasteiger partial charge in [0.25, 0.3) is 0 Å². The van der Waals surface area contributed by atoms with Crippen molar-refractivity contribution in [2.45, 2.75) is 25.4 Å². The highest BCUT2D eigenvalue weighted by molar-refractivity contribution is 5.90. The van der Waals surface area contributed by atoms with Crippen molar-refractivity contribution in [2.75, 3.05) is 31.5 Å². The summed E-state index contributed by atoms with van der Waals surface area (Å²) in [5, 5.41) is 5.73. The number of nitrogens with one attached hydrogen (secondary N) is 2. The van der Waals surface area contributed by atoms with Gasteiger partial charge in [0, 0.05) is 13.1 Å². The van der Waals surface area contributed by atoms with Crippen LogP contribution in [-0.2, 0) is 6.18 Å². The van der Waals surface area contributed by atoms with Crippen molar-refractivity contribution in [1.29, 1.82) is 0 Å². The number of rotatable bonds is 1. The first-order valence-corrected chi connectivity index (χ1v) is 7.83. The molecule has 3 rings (SSSR count). The number of carbonyl (C=O) groups is 1. The third-order valence-electron chi connectivity index (χ3n) is 4.86. The number of urea groups is 1. The van der Waals surface area contributed by atoms with Gasteiger partial charge in [-0.3, -0.25) is 0 Å². The molecule has 2 saturated heterocycles. The van der Waals surface area contributed by atoms with Crippen LogP contribution in [0, 0.1) is 5.41 Å². The highest BCUT2D eigenvalue weighted by atomic mass is 19.4. The Morgan fingerprint density at radius 3 is 2.57 bits per heavy atom. The van der Waals surface area contributed by atoms with Crippen LogP contribution in [0.2, 0.25) is 0 Å². The lowest BCUT2D eigenvalue weighted by Gasteiger charge is -2.33. The number of halogens is 3. The second-order valence-corrected chi connectivity index (χ2v) is 6.40. The van der Waals surface area contributed by atoms with E-state index in [1.807, 2.05) is 0 Å². The van der Waals surface area contributed by atoms with Crippen LogP contribution in [0.5, 0.6) is 0 Å². The Morgan fingerprint density at radius 2 is 1.87 bits per heavy atom. The zero-order valence-electron chi connectivity index (χ0n) is 12.7. The molecule has 2 aliphatic heterocycles. The normalized spacial score (nSPS) is 20.7. The number of carbonyl (C=O) groups excluding carboxylic acids is 1. The topological polar surface area (TPSA) is 44.4 Å². The molecule has 0 unspecified atom stereocenters. The average molecular weight is 327 g/mol. The second kappa shape index (κ2) is 6.03. The Kier molecular flexibility index (Phi) is 4.23. The molecule has 2 amide bonds. The summed E-state index contributed by atoms with van der Waals surface area (Å²) in [6.45, 7) is 3.09. The van der Waals surface area contributed by atoms with Gasteiger partial charge >= 0.3 is 12.2 Å². The number of nitrogens with zero attached hydrogens (tertiary/aromatic N) is 1. The Balaban J connectivity index is 1.69. The standard InChI is InChI=1S/C16H20F3N3O/c17-16(18,19)12-3-1-2-4-13(12)21-14(23)22-10-7-15(11-22)5-8-20-9-6-15/h1-4,20H,5-11H2,(H,21,23). The number of piperidine rings is 1. The molecule has 7 heteroatoms. The highest BCUT2D eigenvalue weighted by Gasteiger charge is 2.41. The van der Waals surface area contributed by atoms with Crippen molar-refractivity contribution in [2.24, 2.45) is 5.41 Å². The van der Waals surface area contributed by atoms with Gasteiger partial charge in [-0.15, -0.1) is 0 Å².